The molecule has 7 heteroatoms. The molecule has 0 aliphatic carbocycles. The van der Waals surface area contributed by atoms with E-state index in [1.165, 1.54) is 4.88 Å². The highest BCUT2D eigenvalue weighted by Gasteiger charge is 2.19. The molecule has 0 saturated carbocycles. The summed E-state index contributed by atoms with van der Waals surface area (Å²) in [4.78, 5) is 18.3. The molecule has 154 valence electrons. The topological polar surface area (TPSA) is 73.8 Å². The maximum Gasteiger partial charge on any atom is 0.276 e. The van der Waals surface area contributed by atoms with Crippen LogP contribution in [0.4, 0.5) is 0 Å². The minimum Gasteiger partial charge on any atom is -0.332 e. The average Bonchev–Trinajstić information content (AvgIpc) is 3.56. The first-order valence-corrected chi connectivity index (χ1v) is 11.0. The lowest BCUT2D eigenvalue weighted by Crippen LogP contribution is -2.05. The summed E-state index contributed by atoms with van der Waals surface area (Å²) >= 11 is 1.74. The van der Waals surface area contributed by atoms with Gasteiger partial charge in [-0.25, -0.2) is 0 Å². The van der Waals surface area contributed by atoms with Crippen LogP contribution in [0.3, 0.4) is 0 Å². The highest BCUT2D eigenvalue weighted by molar-refractivity contribution is 7.09. The van der Waals surface area contributed by atoms with Gasteiger partial charge in [-0.15, -0.1) is 11.3 Å². The van der Waals surface area contributed by atoms with Crippen molar-refractivity contribution in [2.45, 2.75) is 25.8 Å². The Morgan fingerprint density at radius 1 is 0.968 bits per heavy atom. The second-order valence-electron chi connectivity index (χ2n) is 7.22. The number of thiophene rings is 1. The van der Waals surface area contributed by atoms with Crippen LogP contribution in [0.15, 0.2) is 76.6 Å². The number of rotatable bonds is 8. The Morgan fingerprint density at radius 3 is 2.65 bits per heavy atom. The van der Waals surface area contributed by atoms with Crippen LogP contribution in [0.25, 0.3) is 22.5 Å². The highest BCUT2D eigenvalue weighted by atomic mass is 32.1. The normalized spacial score (nSPS) is 11.2. The Morgan fingerprint density at radius 2 is 1.81 bits per heavy atom. The number of hydrogen-bond acceptors (Lipinski definition) is 6. The maximum atomic E-state index is 12.4. The molecule has 0 aliphatic heterocycles. The van der Waals surface area contributed by atoms with Gasteiger partial charge < -0.3 is 4.52 Å². The Labute approximate surface area is 183 Å². The number of carbonyl (C=O) groups is 1. The molecule has 0 fully saturated rings. The molecule has 3 heterocycles. The van der Waals surface area contributed by atoms with E-state index in [2.05, 4.69) is 27.7 Å². The van der Waals surface area contributed by atoms with Crippen molar-refractivity contribution in [3.8, 4) is 11.6 Å². The molecular formula is C24H20N4O2S. The van der Waals surface area contributed by atoms with Crippen molar-refractivity contribution < 1.29 is 9.32 Å². The lowest BCUT2D eigenvalue weighted by molar-refractivity contribution is 0.0982. The van der Waals surface area contributed by atoms with E-state index in [9.17, 15) is 4.79 Å². The number of benzene rings is 2. The Hall–Kier alpha value is -3.58. The minimum atomic E-state index is 0.0680. The molecular weight excluding hydrogens is 408 g/mol. The van der Waals surface area contributed by atoms with E-state index in [1.807, 2.05) is 59.3 Å². The Balaban J connectivity index is 1.38. The fourth-order valence-electron chi connectivity index (χ4n) is 3.58. The molecule has 3 aromatic heterocycles. The minimum absolute atomic E-state index is 0.0680. The van der Waals surface area contributed by atoms with Crippen molar-refractivity contribution in [2.75, 3.05) is 0 Å². The average molecular weight is 429 g/mol. The van der Waals surface area contributed by atoms with Crippen LogP contribution in [0.1, 0.15) is 27.5 Å². The van der Waals surface area contributed by atoms with Crippen LogP contribution in [0.2, 0.25) is 0 Å². The summed E-state index contributed by atoms with van der Waals surface area (Å²) in [6, 6.07) is 21.4. The number of nitrogens with zero attached hydrogens (tertiary/aromatic N) is 4. The highest BCUT2D eigenvalue weighted by Crippen LogP contribution is 2.28. The molecule has 0 saturated heterocycles. The second-order valence-corrected chi connectivity index (χ2v) is 8.26. The van der Waals surface area contributed by atoms with E-state index in [0.717, 1.165) is 23.0 Å². The molecule has 0 spiro atoms. The van der Waals surface area contributed by atoms with Crippen LogP contribution < -0.4 is 0 Å². The number of fused-ring (bicyclic) bond motifs is 1. The molecule has 2 aromatic carbocycles. The fraction of sp³-hybridized carbons (Fsp3) is 0.167. The molecule has 0 aliphatic rings. The van der Waals surface area contributed by atoms with Crippen LogP contribution in [0.5, 0.6) is 0 Å². The van der Waals surface area contributed by atoms with Gasteiger partial charge in [0.1, 0.15) is 5.69 Å². The van der Waals surface area contributed by atoms with Crippen molar-refractivity contribution in [2.24, 2.45) is 0 Å². The lowest BCUT2D eigenvalue weighted by atomic mass is 10.1. The predicted molar refractivity (Wildman–Crippen MR) is 120 cm³/mol. The third-order valence-corrected chi connectivity index (χ3v) is 6.07. The third-order valence-electron chi connectivity index (χ3n) is 5.14. The molecule has 0 radical (unpaired) electrons. The Bertz CT molecular complexity index is 1310. The summed E-state index contributed by atoms with van der Waals surface area (Å²) in [5, 5.41) is 11.9. The first-order chi connectivity index (χ1) is 15.3. The molecule has 31 heavy (non-hydrogen) atoms. The molecule has 6 nitrogen and oxygen atoms in total. The van der Waals surface area contributed by atoms with Gasteiger partial charge in [-0.2, -0.15) is 10.1 Å². The van der Waals surface area contributed by atoms with E-state index in [0.29, 0.717) is 36.7 Å². The largest absolute Gasteiger partial charge is 0.332 e. The first kappa shape index (κ1) is 19.4. The quantitative estimate of drug-likeness (QED) is 0.317. The SMILES string of the molecule is O=C(CCc1noc(-c2c3ccccc3nn2CCc2cccs2)n1)c1ccccc1. The van der Waals surface area contributed by atoms with Gasteiger partial charge in [0.2, 0.25) is 0 Å². The maximum absolute atomic E-state index is 12.4. The molecule has 5 aromatic rings. The van der Waals surface area contributed by atoms with Gasteiger partial charge in [0, 0.05) is 41.6 Å². The number of hydrogen-bond donors (Lipinski definition) is 0. The fourth-order valence-corrected chi connectivity index (χ4v) is 4.28. The zero-order chi connectivity index (χ0) is 21.0. The molecule has 0 unspecified atom stereocenters. The standard InChI is InChI=1S/C24H20N4O2S/c29-21(17-7-2-1-3-8-17)12-13-22-25-24(30-27-22)23-19-10-4-5-11-20(19)26-28(23)15-14-18-9-6-16-31-18/h1-11,16H,12-15H2. The smallest absolute Gasteiger partial charge is 0.276 e. The molecule has 0 atom stereocenters. The summed E-state index contributed by atoms with van der Waals surface area (Å²) in [5.41, 5.74) is 2.41. The van der Waals surface area contributed by atoms with Gasteiger partial charge in [-0.1, -0.05) is 59.8 Å². The van der Waals surface area contributed by atoms with Crippen molar-refractivity contribution in [3.05, 3.63) is 88.4 Å². The second kappa shape index (κ2) is 8.65. The van der Waals surface area contributed by atoms with Crippen LogP contribution >= 0.6 is 11.3 Å². The monoisotopic (exact) mass is 428 g/mol. The van der Waals surface area contributed by atoms with Gasteiger partial charge in [0.15, 0.2) is 11.6 Å². The van der Waals surface area contributed by atoms with Crippen LogP contribution in [-0.4, -0.2) is 25.7 Å². The molecule has 5 rings (SSSR count). The van der Waals surface area contributed by atoms with Crippen molar-refractivity contribution in [1.29, 1.82) is 0 Å². The number of ketones is 1. The Kier molecular flexibility index (Phi) is 5.41. The zero-order valence-corrected chi connectivity index (χ0v) is 17.6. The van der Waals surface area contributed by atoms with Gasteiger partial charge >= 0.3 is 0 Å². The molecule has 0 amide bonds. The van der Waals surface area contributed by atoms with E-state index in [1.54, 1.807) is 11.3 Å². The summed E-state index contributed by atoms with van der Waals surface area (Å²) in [6.45, 7) is 0.717. The number of Topliss-reactive ketones (excluding diaryl/α,β-unsaturated/α-hetero) is 1. The van der Waals surface area contributed by atoms with Crippen LogP contribution in [0, 0.1) is 0 Å². The number of aromatic nitrogens is 4. The van der Waals surface area contributed by atoms with E-state index in [-0.39, 0.29) is 5.78 Å². The van der Waals surface area contributed by atoms with Crippen LogP contribution in [-0.2, 0) is 19.4 Å². The summed E-state index contributed by atoms with van der Waals surface area (Å²) in [6.07, 6.45) is 1.64. The van der Waals surface area contributed by atoms with Gasteiger partial charge in [-0.05, 0) is 17.5 Å². The molecule has 0 N–H and O–H groups in total. The molecule has 0 bridgehead atoms. The van der Waals surface area contributed by atoms with Gasteiger partial charge in [-0.3, -0.25) is 9.48 Å². The van der Waals surface area contributed by atoms with E-state index in [4.69, 9.17) is 9.62 Å². The third kappa shape index (κ3) is 4.18. The predicted octanol–water partition coefficient (Wildman–Crippen LogP) is 5.21. The summed E-state index contributed by atoms with van der Waals surface area (Å²) in [5.74, 6) is 1.02. The van der Waals surface area contributed by atoms with Gasteiger partial charge in [0.05, 0.1) is 5.52 Å². The van der Waals surface area contributed by atoms with Gasteiger partial charge in [0.25, 0.3) is 5.89 Å². The van der Waals surface area contributed by atoms with Crippen molar-refractivity contribution >= 4 is 28.0 Å². The lowest BCUT2D eigenvalue weighted by Gasteiger charge is -2.03. The zero-order valence-electron chi connectivity index (χ0n) is 16.8. The van der Waals surface area contributed by atoms with E-state index >= 15 is 0 Å². The van der Waals surface area contributed by atoms with Crippen molar-refractivity contribution in [1.82, 2.24) is 19.9 Å². The number of carbonyl (C=O) groups excluding carboxylic acids is 1. The van der Waals surface area contributed by atoms with Crippen molar-refractivity contribution in [3.63, 3.8) is 0 Å². The summed E-state index contributed by atoms with van der Waals surface area (Å²) in [7, 11) is 0. The van der Waals surface area contributed by atoms with E-state index < -0.39 is 0 Å². The first-order valence-electron chi connectivity index (χ1n) is 10.2. The number of aryl methyl sites for hydroxylation is 3. The summed E-state index contributed by atoms with van der Waals surface area (Å²) < 4.78 is 7.54.